The van der Waals surface area contributed by atoms with Crippen molar-refractivity contribution in [3.05, 3.63) is 0 Å². The standard InChI is InChI=1S/C7H14N2O3S2/c1-14(11,12)8-7(10)9-4-2-3-6(9)5-13/h6,13H,2-5H2,1H3,(H,8,10). The highest BCUT2D eigenvalue weighted by Crippen LogP contribution is 2.17. The molecule has 1 fully saturated rings. The molecule has 82 valence electrons. The molecule has 5 nitrogen and oxygen atoms in total. The summed E-state index contributed by atoms with van der Waals surface area (Å²) in [6.07, 6.45) is 2.76. The molecule has 0 spiro atoms. The molecule has 0 aromatic heterocycles. The van der Waals surface area contributed by atoms with Crippen LogP contribution in [0.1, 0.15) is 12.8 Å². The lowest BCUT2D eigenvalue weighted by atomic mass is 10.2. The van der Waals surface area contributed by atoms with Gasteiger partial charge < -0.3 is 4.90 Å². The van der Waals surface area contributed by atoms with Gasteiger partial charge in [0.2, 0.25) is 10.0 Å². The molecule has 1 N–H and O–H groups in total. The summed E-state index contributed by atoms with van der Waals surface area (Å²) in [5.41, 5.74) is 0. The van der Waals surface area contributed by atoms with Crippen molar-refractivity contribution in [1.82, 2.24) is 9.62 Å². The van der Waals surface area contributed by atoms with E-state index >= 15 is 0 Å². The molecule has 1 unspecified atom stereocenters. The molecule has 0 aromatic rings. The van der Waals surface area contributed by atoms with E-state index in [1.807, 2.05) is 4.72 Å². The zero-order valence-corrected chi connectivity index (χ0v) is 9.64. The van der Waals surface area contributed by atoms with Crippen LogP contribution in [0.3, 0.4) is 0 Å². The average Bonchev–Trinajstić information content (AvgIpc) is 2.47. The number of nitrogens with one attached hydrogen (secondary N) is 1. The lowest BCUT2D eigenvalue weighted by Crippen LogP contribution is -2.45. The van der Waals surface area contributed by atoms with Gasteiger partial charge in [-0.15, -0.1) is 0 Å². The second kappa shape index (κ2) is 4.39. The van der Waals surface area contributed by atoms with E-state index in [4.69, 9.17) is 0 Å². The van der Waals surface area contributed by atoms with Gasteiger partial charge in [-0.05, 0) is 12.8 Å². The van der Waals surface area contributed by atoms with Crippen molar-refractivity contribution in [2.24, 2.45) is 0 Å². The first-order chi connectivity index (χ1) is 6.44. The van der Waals surface area contributed by atoms with Gasteiger partial charge in [0.15, 0.2) is 0 Å². The number of carbonyl (C=O) groups is 1. The fourth-order valence-electron chi connectivity index (χ4n) is 1.51. The molecule has 0 aromatic carbocycles. The summed E-state index contributed by atoms with van der Waals surface area (Å²) in [4.78, 5) is 13.0. The summed E-state index contributed by atoms with van der Waals surface area (Å²) in [6, 6.07) is -0.482. The van der Waals surface area contributed by atoms with Crippen LogP contribution in [0, 0.1) is 0 Å². The van der Waals surface area contributed by atoms with Gasteiger partial charge in [0.1, 0.15) is 0 Å². The van der Waals surface area contributed by atoms with E-state index in [2.05, 4.69) is 12.6 Å². The molecule has 1 aliphatic heterocycles. The normalized spacial score (nSPS) is 22.4. The highest BCUT2D eigenvalue weighted by Gasteiger charge is 2.28. The van der Waals surface area contributed by atoms with Crippen LogP contribution in [0.2, 0.25) is 0 Å². The maximum Gasteiger partial charge on any atom is 0.331 e. The van der Waals surface area contributed by atoms with Crippen molar-refractivity contribution in [2.75, 3.05) is 18.6 Å². The van der Waals surface area contributed by atoms with Crippen LogP contribution in [0.4, 0.5) is 4.79 Å². The molecule has 14 heavy (non-hydrogen) atoms. The van der Waals surface area contributed by atoms with Crippen molar-refractivity contribution < 1.29 is 13.2 Å². The van der Waals surface area contributed by atoms with Gasteiger partial charge in [-0.2, -0.15) is 12.6 Å². The third-order valence-corrected chi connectivity index (χ3v) is 3.09. The van der Waals surface area contributed by atoms with Crippen molar-refractivity contribution in [1.29, 1.82) is 0 Å². The van der Waals surface area contributed by atoms with E-state index in [0.29, 0.717) is 12.3 Å². The molecule has 7 heteroatoms. The van der Waals surface area contributed by atoms with Crippen molar-refractivity contribution in [3.8, 4) is 0 Å². The Bertz CT molecular complexity index is 315. The Hall–Kier alpha value is -0.430. The lowest BCUT2D eigenvalue weighted by Gasteiger charge is -2.22. The summed E-state index contributed by atoms with van der Waals surface area (Å²) in [5, 5.41) is 0. The second-order valence-corrected chi connectivity index (χ2v) is 5.47. The van der Waals surface area contributed by atoms with Gasteiger partial charge in [0.05, 0.1) is 6.26 Å². The summed E-state index contributed by atoms with van der Waals surface area (Å²) in [7, 11) is -3.46. The van der Waals surface area contributed by atoms with Crippen LogP contribution < -0.4 is 4.72 Å². The number of thiol groups is 1. The summed E-state index contributed by atoms with van der Waals surface area (Å²) >= 11 is 4.11. The van der Waals surface area contributed by atoms with Gasteiger partial charge in [0.25, 0.3) is 0 Å². The van der Waals surface area contributed by atoms with Gasteiger partial charge >= 0.3 is 6.03 Å². The minimum absolute atomic E-state index is 0.0556. The van der Waals surface area contributed by atoms with Crippen LogP contribution in [0.25, 0.3) is 0 Å². The number of nitrogens with zero attached hydrogens (tertiary/aromatic N) is 1. The minimum Gasteiger partial charge on any atom is -0.320 e. The van der Waals surface area contributed by atoms with Crippen LogP contribution in [-0.4, -0.2) is 43.9 Å². The summed E-state index contributed by atoms with van der Waals surface area (Å²) < 4.78 is 23.6. The quantitative estimate of drug-likeness (QED) is 0.668. The Morgan fingerprint density at radius 1 is 1.64 bits per heavy atom. The molecule has 1 rings (SSSR count). The maximum atomic E-state index is 11.4. The topological polar surface area (TPSA) is 66.5 Å². The Morgan fingerprint density at radius 3 is 2.79 bits per heavy atom. The highest BCUT2D eigenvalue weighted by molar-refractivity contribution is 7.89. The second-order valence-electron chi connectivity index (χ2n) is 3.35. The Balaban J connectivity index is 2.60. The number of amides is 2. The third-order valence-electron chi connectivity index (χ3n) is 2.12. The average molecular weight is 238 g/mol. The minimum atomic E-state index is -3.46. The molecular weight excluding hydrogens is 224 g/mol. The number of hydrogen-bond donors (Lipinski definition) is 2. The van der Waals surface area contributed by atoms with E-state index in [0.717, 1.165) is 19.1 Å². The SMILES string of the molecule is CS(=O)(=O)NC(=O)N1CCCC1CS. The predicted octanol–water partition coefficient (Wildman–Crippen LogP) is 0.0498. The molecular formula is C7H14N2O3S2. The fourth-order valence-corrected chi connectivity index (χ4v) is 2.32. The summed E-state index contributed by atoms with van der Waals surface area (Å²) in [6.45, 7) is 0.604. The predicted molar refractivity (Wildman–Crippen MR) is 57.0 cm³/mol. The zero-order valence-electron chi connectivity index (χ0n) is 7.93. The largest absolute Gasteiger partial charge is 0.331 e. The number of rotatable bonds is 2. The Labute approximate surface area is 89.3 Å². The van der Waals surface area contributed by atoms with Crippen LogP contribution >= 0.6 is 12.6 Å². The number of carbonyl (C=O) groups excluding carboxylic acids is 1. The first-order valence-electron chi connectivity index (χ1n) is 4.33. The van der Waals surface area contributed by atoms with E-state index in [1.165, 1.54) is 4.90 Å². The van der Waals surface area contributed by atoms with Gasteiger partial charge in [-0.25, -0.2) is 17.9 Å². The van der Waals surface area contributed by atoms with Crippen molar-refractivity contribution >= 4 is 28.7 Å². The van der Waals surface area contributed by atoms with E-state index in [9.17, 15) is 13.2 Å². The Kier molecular flexibility index (Phi) is 3.65. The van der Waals surface area contributed by atoms with Crippen molar-refractivity contribution in [3.63, 3.8) is 0 Å². The number of sulfonamides is 1. The monoisotopic (exact) mass is 238 g/mol. The molecule has 1 atom stereocenters. The van der Waals surface area contributed by atoms with Gasteiger partial charge in [-0.3, -0.25) is 0 Å². The molecule has 1 saturated heterocycles. The Morgan fingerprint density at radius 2 is 2.29 bits per heavy atom. The third kappa shape index (κ3) is 3.06. The molecule has 1 aliphatic rings. The van der Waals surface area contributed by atoms with Gasteiger partial charge in [-0.1, -0.05) is 0 Å². The smallest absolute Gasteiger partial charge is 0.320 e. The first kappa shape index (κ1) is 11.6. The molecule has 0 bridgehead atoms. The fraction of sp³-hybridized carbons (Fsp3) is 0.857. The number of urea groups is 1. The zero-order chi connectivity index (χ0) is 10.8. The molecule has 1 heterocycles. The highest BCUT2D eigenvalue weighted by atomic mass is 32.2. The number of likely N-dealkylation sites (tertiary alicyclic amines) is 1. The molecule has 0 radical (unpaired) electrons. The van der Waals surface area contributed by atoms with Crippen LogP contribution in [0.15, 0.2) is 0 Å². The summed E-state index contributed by atoms with van der Waals surface area (Å²) in [5.74, 6) is 0.567. The van der Waals surface area contributed by atoms with E-state index in [-0.39, 0.29) is 6.04 Å². The lowest BCUT2D eigenvalue weighted by molar-refractivity contribution is 0.203. The molecule has 0 aliphatic carbocycles. The number of hydrogen-bond acceptors (Lipinski definition) is 4. The molecule has 0 saturated carbocycles. The first-order valence-corrected chi connectivity index (χ1v) is 6.85. The van der Waals surface area contributed by atoms with Crippen LogP contribution in [0.5, 0.6) is 0 Å². The molecule has 2 amide bonds. The van der Waals surface area contributed by atoms with Crippen molar-refractivity contribution in [2.45, 2.75) is 18.9 Å². The van der Waals surface area contributed by atoms with Gasteiger partial charge in [0, 0.05) is 18.3 Å². The maximum absolute atomic E-state index is 11.4. The van der Waals surface area contributed by atoms with E-state index < -0.39 is 16.1 Å². The van der Waals surface area contributed by atoms with Crippen LogP contribution in [-0.2, 0) is 10.0 Å². The van der Waals surface area contributed by atoms with E-state index in [1.54, 1.807) is 0 Å².